The summed E-state index contributed by atoms with van der Waals surface area (Å²) in [6, 6.07) is 0. The molecule has 0 amide bonds. The van der Waals surface area contributed by atoms with Crippen LogP contribution >= 0.6 is 0 Å². The molecule has 1 aliphatic rings. The molecule has 0 aromatic heterocycles. The minimum atomic E-state index is -0.941. The minimum absolute atomic E-state index is 0.0856. The third-order valence-corrected chi connectivity index (χ3v) is 2.30. The molecule has 2 unspecified atom stereocenters. The zero-order valence-corrected chi connectivity index (χ0v) is 8.82. The number of ether oxygens (including phenoxy) is 2. The van der Waals surface area contributed by atoms with Crippen LogP contribution in [0.25, 0.3) is 0 Å². The van der Waals surface area contributed by atoms with Crippen molar-refractivity contribution < 1.29 is 23.9 Å². The van der Waals surface area contributed by atoms with E-state index in [0.29, 0.717) is 0 Å². The first kappa shape index (κ1) is 11.7. The smallest absolute Gasteiger partial charge is 0.317 e. The normalized spacial score (nSPS) is 24.3. The molecule has 0 bridgehead atoms. The standard InChI is InChI=1S/C10H14O5/c1-3-14-9(12)6-5-7(11)8(6)10(13)15-4-2/h6,8H,3-5H2,1-2H3. The lowest BCUT2D eigenvalue weighted by atomic mass is 9.72. The molecule has 0 N–H and O–H groups in total. The molecule has 0 spiro atoms. The largest absolute Gasteiger partial charge is 0.466 e. The summed E-state index contributed by atoms with van der Waals surface area (Å²) in [7, 11) is 0. The maximum absolute atomic E-state index is 11.3. The van der Waals surface area contributed by atoms with Gasteiger partial charge in [-0.25, -0.2) is 0 Å². The van der Waals surface area contributed by atoms with E-state index in [1.807, 2.05) is 0 Å². The Bertz CT molecular complexity index is 284. The highest BCUT2D eigenvalue weighted by atomic mass is 16.5. The molecule has 0 heterocycles. The number of carbonyl (C=O) groups is 3. The second kappa shape index (κ2) is 4.91. The van der Waals surface area contributed by atoms with Crippen LogP contribution in [0.2, 0.25) is 0 Å². The van der Waals surface area contributed by atoms with Crippen molar-refractivity contribution in [1.29, 1.82) is 0 Å². The Morgan fingerprint density at radius 2 is 1.73 bits per heavy atom. The van der Waals surface area contributed by atoms with Crippen LogP contribution < -0.4 is 0 Å². The van der Waals surface area contributed by atoms with Gasteiger partial charge in [-0.3, -0.25) is 14.4 Å². The Morgan fingerprint density at radius 1 is 1.20 bits per heavy atom. The van der Waals surface area contributed by atoms with Crippen molar-refractivity contribution >= 4 is 17.7 Å². The fourth-order valence-electron chi connectivity index (χ4n) is 1.52. The first-order valence-corrected chi connectivity index (χ1v) is 4.97. The Hall–Kier alpha value is -1.39. The molecule has 0 aromatic carbocycles. The van der Waals surface area contributed by atoms with Gasteiger partial charge in [0.1, 0.15) is 11.7 Å². The van der Waals surface area contributed by atoms with Gasteiger partial charge in [-0.15, -0.1) is 0 Å². The van der Waals surface area contributed by atoms with Crippen LogP contribution in [0.3, 0.4) is 0 Å². The summed E-state index contributed by atoms with van der Waals surface area (Å²) >= 11 is 0. The lowest BCUT2D eigenvalue weighted by molar-refractivity contribution is -0.171. The van der Waals surface area contributed by atoms with Gasteiger partial charge in [0.2, 0.25) is 0 Å². The Balaban J connectivity index is 2.58. The van der Waals surface area contributed by atoms with Gasteiger partial charge in [-0.2, -0.15) is 0 Å². The van der Waals surface area contributed by atoms with Crippen LogP contribution in [0, 0.1) is 11.8 Å². The summed E-state index contributed by atoms with van der Waals surface area (Å²) in [5.41, 5.74) is 0. The van der Waals surface area contributed by atoms with E-state index in [9.17, 15) is 14.4 Å². The number of hydrogen-bond acceptors (Lipinski definition) is 5. The molecule has 1 fully saturated rings. The van der Waals surface area contributed by atoms with Gasteiger partial charge in [-0.05, 0) is 13.8 Å². The van der Waals surface area contributed by atoms with Gasteiger partial charge in [0.25, 0.3) is 0 Å². The van der Waals surface area contributed by atoms with E-state index in [4.69, 9.17) is 9.47 Å². The zero-order chi connectivity index (χ0) is 11.4. The maximum atomic E-state index is 11.3. The molecule has 0 saturated heterocycles. The highest BCUT2D eigenvalue weighted by Gasteiger charge is 2.50. The van der Waals surface area contributed by atoms with Crippen molar-refractivity contribution in [2.75, 3.05) is 13.2 Å². The monoisotopic (exact) mass is 214 g/mol. The summed E-state index contributed by atoms with van der Waals surface area (Å²) in [5.74, 6) is -2.94. The molecule has 2 atom stereocenters. The van der Waals surface area contributed by atoms with E-state index in [-0.39, 0.29) is 25.4 Å². The Labute approximate surface area is 87.7 Å². The summed E-state index contributed by atoms with van der Waals surface area (Å²) in [5, 5.41) is 0. The molecular formula is C10H14O5. The number of esters is 2. The van der Waals surface area contributed by atoms with Crippen LogP contribution in [0.15, 0.2) is 0 Å². The average Bonchev–Trinajstić information content (AvgIpc) is 2.14. The van der Waals surface area contributed by atoms with E-state index in [1.54, 1.807) is 13.8 Å². The first-order chi connectivity index (χ1) is 7.11. The molecule has 15 heavy (non-hydrogen) atoms. The highest BCUT2D eigenvalue weighted by molar-refractivity contribution is 6.09. The van der Waals surface area contributed by atoms with Crippen LogP contribution in [0.1, 0.15) is 20.3 Å². The SMILES string of the molecule is CCOC(=O)C1CC(=O)C1C(=O)OCC. The van der Waals surface area contributed by atoms with Crippen molar-refractivity contribution in [3.05, 3.63) is 0 Å². The van der Waals surface area contributed by atoms with Crippen LogP contribution in [0.5, 0.6) is 0 Å². The van der Waals surface area contributed by atoms with Gasteiger partial charge < -0.3 is 9.47 Å². The molecule has 1 saturated carbocycles. The molecule has 5 nitrogen and oxygen atoms in total. The molecule has 1 rings (SSSR count). The maximum Gasteiger partial charge on any atom is 0.317 e. The predicted molar refractivity (Wildman–Crippen MR) is 49.9 cm³/mol. The lowest BCUT2D eigenvalue weighted by Gasteiger charge is -2.30. The quantitative estimate of drug-likeness (QED) is 0.498. The highest BCUT2D eigenvalue weighted by Crippen LogP contribution is 2.32. The molecule has 0 aliphatic heterocycles. The van der Waals surface area contributed by atoms with Gasteiger partial charge in [0.15, 0.2) is 0 Å². The lowest BCUT2D eigenvalue weighted by Crippen LogP contribution is -2.48. The van der Waals surface area contributed by atoms with Crippen molar-refractivity contribution in [3.8, 4) is 0 Å². The van der Waals surface area contributed by atoms with E-state index in [1.165, 1.54) is 0 Å². The van der Waals surface area contributed by atoms with Gasteiger partial charge in [0, 0.05) is 6.42 Å². The summed E-state index contributed by atoms with van der Waals surface area (Å²) in [6.07, 6.45) is 0.0856. The first-order valence-electron chi connectivity index (χ1n) is 4.97. The van der Waals surface area contributed by atoms with Gasteiger partial charge in [-0.1, -0.05) is 0 Å². The van der Waals surface area contributed by atoms with E-state index >= 15 is 0 Å². The Kier molecular flexibility index (Phi) is 3.82. The third-order valence-electron chi connectivity index (χ3n) is 2.30. The Morgan fingerprint density at radius 3 is 2.20 bits per heavy atom. The van der Waals surface area contributed by atoms with Crippen LogP contribution in [-0.4, -0.2) is 30.9 Å². The second-order valence-electron chi connectivity index (χ2n) is 3.26. The average molecular weight is 214 g/mol. The molecule has 0 aromatic rings. The molecule has 1 aliphatic carbocycles. The fourth-order valence-corrected chi connectivity index (χ4v) is 1.52. The molecular weight excluding hydrogens is 200 g/mol. The van der Waals surface area contributed by atoms with Crippen LogP contribution in [-0.2, 0) is 23.9 Å². The van der Waals surface area contributed by atoms with E-state index < -0.39 is 23.8 Å². The number of hydrogen-bond donors (Lipinski definition) is 0. The topological polar surface area (TPSA) is 69.7 Å². The number of rotatable bonds is 4. The number of carbonyl (C=O) groups excluding carboxylic acids is 3. The van der Waals surface area contributed by atoms with Crippen LogP contribution in [0.4, 0.5) is 0 Å². The zero-order valence-electron chi connectivity index (χ0n) is 8.82. The van der Waals surface area contributed by atoms with Crippen molar-refractivity contribution in [2.24, 2.45) is 11.8 Å². The fraction of sp³-hybridized carbons (Fsp3) is 0.700. The molecule has 5 heteroatoms. The van der Waals surface area contributed by atoms with Gasteiger partial charge in [0.05, 0.1) is 19.1 Å². The van der Waals surface area contributed by atoms with E-state index in [0.717, 1.165) is 0 Å². The molecule has 84 valence electrons. The van der Waals surface area contributed by atoms with Crippen molar-refractivity contribution in [3.63, 3.8) is 0 Å². The number of Topliss-reactive ketones (excluding diaryl/α,β-unsaturated/α-hetero) is 1. The van der Waals surface area contributed by atoms with Crippen molar-refractivity contribution in [1.82, 2.24) is 0 Å². The third kappa shape index (κ3) is 2.34. The predicted octanol–water partition coefficient (Wildman–Crippen LogP) is 0.318. The molecule has 0 radical (unpaired) electrons. The summed E-state index contributed by atoms with van der Waals surface area (Å²) in [6.45, 7) is 3.79. The van der Waals surface area contributed by atoms with E-state index in [2.05, 4.69) is 0 Å². The second-order valence-corrected chi connectivity index (χ2v) is 3.26. The number of ketones is 1. The minimum Gasteiger partial charge on any atom is -0.466 e. The summed E-state index contributed by atoms with van der Waals surface area (Å²) < 4.78 is 9.46. The van der Waals surface area contributed by atoms with Gasteiger partial charge >= 0.3 is 11.9 Å². The van der Waals surface area contributed by atoms with Crippen molar-refractivity contribution in [2.45, 2.75) is 20.3 Å². The summed E-state index contributed by atoms with van der Waals surface area (Å²) in [4.78, 5) is 33.8.